The van der Waals surface area contributed by atoms with E-state index in [-0.39, 0.29) is 0 Å². The third kappa shape index (κ3) is 3.47. The van der Waals surface area contributed by atoms with E-state index in [4.69, 9.17) is 21.6 Å². The number of anilines is 1. The molecule has 0 bridgehead atoms. The van der Waals surface area contributed by atoms with Gasteiger partial charge in [-0.05, 0) is 30.3 Å². The van der Waals surface area contributed by atoms with Gasteiger partial charge in [-0.2, -0.15) is 0 Å². The van der Waals surface area contributed by atoms with Crippen LogP contribution in [0.1, 0.15) is 11.1 Å². The van der Waals surface area contributed by atoms with Crippen LogP contribution in [0.2, 0.25) is 5.02 Å². The number of aliphatic imine (C=N–C) groups is 2. The van der Waals surface area contributed by atoms with Crippen molar-refractivity contribution in [2.75, 3.05) is 11.9 Å². The summed E-state index contributed by atoms with van der Waals surface area (Å²) < 4.78 is 0. The lowest BCUT2D eigenvalue weighted by molar-refractivity contribution is 1.28. The highest BCUT2D eigenvalue weighted by molar-refractivity contribution is 6.31. The minimum Gasteiger partial charge on any atom is -0.342 e. The van der Waals surface area contributed by atoms with Crippen molar-refractivity contribution >= 4 is 34.5 Å². The van der Waals surface area contributed by atoms with Gasteiger partial charge in [-0.25, -0.2) is 4.99 Å². The number of hydrogen-bond donors (Lipinski definition) is 1. The van der Waals surface area contributed by atoms with Gasteiger partial charge in [0, 0.05) is 21.8 Å². The predicted octanol–water partition coefficient (Wildman–Crippen LogP) is 5.33. The fourth-order valence-electron chi connectivity index (χ4n) is 2.81. The fourth-order valence-corrected chi connectivity index (χ4v) is 2.99. The third-order valence-electron chi connectivity index (χ3n) is 3.97. The van der Waals surface area contributed by atoms with Crippen molar-refractivity contribution in [2.45, 2.75) is 0 Å². The van der Waals surface area contributed by atoms with Crippen molar-refractivity contribution in [2.24, 2.45) is 9.98 Å². The Morgan fingerprint density at radius 1 is 0.840 bits per heavy atom. The maximum atomic E-state index is 6.23. The second kappa shape index (κ2) is 6.91. The molecule has 0 atom stereocenters. The molecule has 0 aromatic heterocycles. The second-order valence-electron chi connectivity index (χ2n) is 5.74. The molecule has 25 heavy (non-hydrogen) atoms. The summed E-state index contributed by atoms with van der Waals surface area (Å²) in [5.74, 6) is 0.806. The molecule has 0 unspecified atom stereocenters. The number of fused-ring (bicyclic) bond motifs is 1. The molecule has 0 spiro atoms. The number of amidine groups is 1. The molecular weight excluding hydrogens is 330 g/mol. The van der Waals surface area contributed by atoms with E-state index >= 15 is 0 Å². The molecule has 1 N–H and O–H groups in total. The number of nitrogens with zero attached hydrogens (tertiary/aromatic N) is 2. The van der Waals surface area contributed by atoms with Gasteiger partial charge in [0.2, 0.25) is 0 Å². The van der Waals surface area contributed by atoms with Gasteiger partial charge in [-0.15, -0.1) is 0 Å². The summed E-state index contributed by atoms with van der Waals surface area (Å²) in [6, 6.07) is 25.9. The van der Waals surface area contributed by atoms with Crippen LogP contribution in [0.3, 0.4) is 0 Å². The lowest BCUT2D eigenvalue weighted by Gasteiger charge is -2.08. The summed E-state index contributed by atoms with van der Waals surface area (Å²) in [5.41, 5.74) is 4.77. The summed E-state index contributed by atoms with van der Waals surface area (Å²) in [4.78, 5) is 9.60. The van der Waals surface area contributed by atoms with Crippen molar-refractivity contribution < 1.29 is 0 Å². The zero-order chi connectivity index (χ0) is 17.1. The van der Waals surface area contributed by atoms with Crippen LogP contribution in [0.15, 0.2) is 88.8 Å². The van der Waals surface area contributed by atoms with Gasteiger partial charge in [-0.1, -0.05) is 60.1 Å². The van der Waals surface area contributed by atoms with Gasteiger partial charge in [0.25, 0.3) is 0 Å². The van der Waals surface area contributed by atoms with Crippen molar-refractivity contribution in [3.05, 3.63) is 95.0 Å². The molecule has 3 aromatic carbocycles. The number of nitrogens with one attached hydrogen (secondary N) is 1. The topological polar surface area (TPSA) is 36.8 Å². The van der Waals surface area contributed by atoms with Crippen LogP contribution in [0.4, 0.5) is 11.4 Å². The molecule has 0 fully saturated rings. The molecule has 0 saturated heterocycles. The van der Waals surface area contributed by atoms with Gasteiger partial charge in [-0.3, -0.25) is 4.99 Å². The van der Waals surface area contributed by atoms with Crippen molar-refractivity contribution in [1.82, 2.24) is 0 Å². The zero-order valence-electron chi connectivity index (χ0n) is 13.5. The van der Waals surface area contributed by atoms with Crippen LogP contribution in [0, 0.1) is 0 Å². The summed E-state index contributed by atoms with van der Waals surface area (Å²) in [5, 5.41) is 4.04. The van der Waals surface area contributed by atoms with Gasteiger partial charge >= 0.3 is 0 Å². The van der Waals surface area contributed by atoms with E-state index in [9.17, 15) is 0 Å². The van der Waals surface area contributed by atoms with E-state index in [1.165, 1.54) is 0 Å². The summed E-state index contributed by atoms with van der Waals surface area (Å²) >= 11 is 6.23. The number of hydrogen-bond acceptors (Lipinski definition) is 3. The van der Waals surface area contributed by atoms with Crippen LogP contribution in [0.25, 0.3) is 0 Å². The molecule has 3 aromatic rings. The monoisotopic (exact) mass is 345 g/mol. The van der Waals surface area contributed by atoms with Gasteiger partial charge in [0.05, 0.1) is 17.9 Å². The number of halogens is 1. The minimum absolute atomic E-state index is 0.478. The molecule has 3 nitrogen and oxygen atoms in total. The van der Waals surface area contributed by atoms with E-state index in [2.05, 4.69) is 17.4 Å². The Hall–Kier alpha value is -2.91. The Bertz CT molecular complexity index is 947. The molecule has 0 aliphatic carbocycles. The summed E-state index contributed by atoms with van der Waals surface area (Å²) in [7, 11) is 0. The zero-order valence-corrected chi connectivity index (χ0v) is 14.2. The van der Waals surface area contributed by atoms with Crippen molar-refractivity contribution in [3.8, 4) is 0 Å². The molecule has 1 heterocycles. The van der Waals surface area contributed by atoms with Crippen molar-refractivity contribution in [1.29, 1.82) is 0 Å². The first-order valence-electron chi connectivity index (χ1n) is 8.09. The average molecular weight is 346 g/mol. The van der Waals surface area contributed by atoms with Gasteiger partial charge in [0.1, 0.15) is 5.84 Å². The average Bonchev–Trinajstić information content (AvgIpc) is 2.82. The van der Waals surface area contributed by atoms with E-state index in [1.807, 2.05) is 66.7 Å². The molecule has 1 aliphatic rings. The lowest BCUT2D eigenvalue weighted by atomic mass is 10.0. The maximum absolute atomic E-state index is 6.23. The Morgan fingerprint density at radius 2 is 1.56 bits per heavy atom. The molecule has 122 valence electrons. The smallest absolute Gasteiger partial charge is 0.128 e. The first-order valence-corrected chi connectivity index (χ1v) is 8.47. The highest BCUT2D eigenvalue weighted by Gasteiger charge is 2.16. The van der Waals surface area contributed by atoms with Crippen molar-refractivity contribution in [3.63, 3.8) is 0 Å². The maximum Gasteiger partial charge on any atom is 0.128 e. The molecule has 1 aliphatic heterocycles. The first kappa shape index (κ1) is 15.6. The van der Waals surface area contributed by atoms with Gasteiger partial charge in [0.15, 0.2) is 0 Å². The highest BCUT2D eigenvalue weighted by Crippen LogP contribution is 2.28. The van der Waals surface area contributed by atoms with E-state index in [0.717, 1.165) is 34.0 Å². The molecule has 4 rings (SSSR count). The van der Waals surface area contributed by atoms with E-state index in [1.54, 1.807) is 0 Å². The Kier molecular flexibility index (Phi) is 4.32. The predicted molar refractivity (Wildman–Crippen MR) is 106 cm³/mol. The number of benzene rings is 3. The molecule has 0 amide bonds. The van der Waals surface area contributed by atoms with E-state index in [0.29, 0.717) is 11.6 Å². The summed E-state index contributed by atoms with van der Waals surface area (Å²) in [6.45, 7) is 0.478. The first-order chi connectivity index (χ1) is 12.3. The van der Waals surface area contributed by atoms with Crippen LogP contribution < -0.4 is 5.32 Å². The normalized spacial score (nSPS) is 13.3. The van der Waals surface area contributed by atoms with Crippen LogP contribution in [-0.2, 0) is 0 Å². The standard InChI is InChI=1S/C21H16ClN3/c22-16-11-12-19-18(13-16)21(15-7-3-1-4-8-15)23-14-20(25-19)24-17-9-5-2-6-10-17/h1-13H,14H2,(H,24,25). The fraction of sp³-hybridized carbons (Fsp3) is 0.0476. The SMILES string of the molecule is Clc1ccc2c(c1)C(c1ccccc1)=NCC(Nc1ccccc1)=N2. The Labute approximate surface area is 151 Å². The van der Waals surface area contributed by atoms with Crippen LogP contribution >= 0.6 is 11.6 Å². The molecule has 4 heteroatoms. The number of para-hydroxylation sites is 1. The minimum atomic E-state index is 0.478. The highest BCUT2D eigenvalue weighted by atomic mass is 35.5. The lowest BCUT2D eigenvalue weighted by Crippen LogP contribution is -2.15. The quantitative estimate of drug-likeness (QED) is 0.669. The molecule has 0 saturated carbocycles. The Balaban J connectivity index is 1.78. The number of rotatable bonds is 2. The van der Waals surface area contributed by atoms with Crippen LogP contribution in [0.5, 0.6) is 0 Å². The summed E-state index contributed by atoms with van der Waals surface area (Å²) in [6.07, 6.45) is 0. The Morgan fingerprint density at radius 3 is 2.32 bits per heavy atom. The van der Waals surface area contributed by atoms with Crippen LogP contribution in [-0.4, -0.2) is 18.1 Å². The largest absolute Gasteiger partial charge is 0.342 e. The molecular formula is C21H16ClN3. The second-order valence-corrected chi connectivity index (χ2v) is 6.18. The molecule has 0 radical (unpaired) electrons. The van der Waals surface area contributed by atoms with E-state index < -0.39 is 0 Å². The van der Waals surface area contributed by atoms with Gasteiger partial charge < -0.3 is 5.32 Å². The third-order valence-corrected chi connectivity index (χ3v) is 4.20.